The normalized spacial score (nSPS) is 14.3. The Labute approximate surface area is 307 Å². The minimum atomic E-state index is -1.22. The second-order valence-corrected chi connectivity index (χ2v) is 14.5. The minimum Gasteiger partial charge on any atom is -0.611 e. The van der Waals surface area contributed by atoms with E-state index in [4.69, 9.17) is 9.47 Å². The number of aromatic nitrogens is 2. The van der Waals surface area contributed by atoms with Gasteiger partial charge in [0.1, 0.15) is 12.4 Å². The smallest absolute Gasteiger partial charge is 0.251 e. The molecule has 0 radical (unpaired) electrons. The average molecular weight is 711 g/mol. The Kier molecular flexibility index (Phi) is 15.1. The molecule has 51 heavy (non-hydrogen) atoms. The van der Waals surface area contributed by atoms with Crippen LogP contribution in [0.1, 0.15) is 83.4 Å². The first-order chi connectivity index (χ1) is 25.0. The summed E-state index contributed by atoms with van der Waals surface area (Å²) in [4.78, 5) is 21.1. The van der Waals surface area contributed by atoms with Crippen molar-refractivity contribution in [1.82, 2.24) is 9.55 Å². The number of anilines is 2. The third kappa shape index (κ3) is 11.2. The van der Waals surface area contributed by atoms with Gasteiger partial charge in [-0.3, -0.25) is 4.79 Å². The predicted molar refractivity (Wildman–Crippen MR) is 210 cm³/mol. The zero-order chi connectivity index (χ0) is 35.8. The van der Waals surface area contributed by atoms with Gasteiger partial charge in [0, 0.05) is 43.2 Å². The minimum absolute atomic E-state index is 0.137. The first kappa shape index (κ1) is 38.2. The lowest BCUT2D eigenvalue weighted by Crippen LogP contribution is -2.24. The number of carbonyl (C=O) groups is 1. The summed E-state index contributed by atoms with van der Waals surface area (Å²) in [5.74, 6) is 1.09. The summed E-state index contributed by atoms with van der Waals surface area (Å²) >= 11 is -1.22. The van der Waals surface area contributed by atoms with Gasteiger partial charge in [-0.25, -0.2) is 4.98 Å². The van der Waals surface area contributed by atoms with Crippen LogP contribution in [0.2, 0.25) is 0 Å². The first-order valence-corrected chi connectivity index (χ1v) is 20.0. The summed E-state index contributed by atoms with van der Waals surface area (Å²) in [6.07, 6.45) is 14.2. The number of amides is 1. The van der Waals surface area contributed by atoms with Gasteiger partial charge in [-0.05, 0) is 115 Å². The number of rotatable bonds is 18. The van der Waals surface area contributed by atoms with Crippen LogP contribution in [0.4, 0.5) is 11.4 Å². The van der Waals surface area contributed by atoms with Gasteiger partial charge in [0.2, 0.25) is 0 Å². The Morgan fingerprint density at radius 1 is 0.902 bits per heavy atom. The van der Waals surface area contributed by atoms with Crippen molar-refractivity contribution in [2.45, 2.75) is 89.3 Å². The lowest BCUT2D eigenvalue weighted by atomic mass is 9.98. The standard InChI is InChI=1S/C42H54N4O4S/c1-4-7-25-49-26-27-50-39-17-12-34(13-18-39)35-14-21-41(45-23-10-8-9-11-24-45)36(29-35)28-33(6-3)42(47)44-37-15-19-40(20-16-37)51(48)31-38-30-43-32-46(38)22-5-2/h12-21,28-30,32H,4-11,22-27,31H2,1-3H3,(H,44,47). The molecule has 1 aliphatic rings. The Hall–Kier alpha value is -4.05. The van der Waals surface area contributed by atoms with Crippen LogP contribution in [0, 0.1) is 0 Å². The Bertz CT molecular complexity index is 1680. The summed E-state index contributed by atoms with van der Waals surface area (Å²) in [6.45, 7) is 11.0. The van der Waals surface area contributed by atoms with Gasteiger partial charge in [-0.1, -0.05) is 58.2 Å². The van der Waals surface area contributed by atoms with E-state index in [2.05, 4.69) is 70.0 Å². The molecule has 5 rings (SSSR count). The Balaban J connectivity index is 1.30. The molecule has 1 aliphatic heterocycles. The van der Waals surface area contributed by atoms with Crippen molar-refractivity contribution in [2.75, 3.05) is 43.1 Å². The monoisotopic (exact) mass is 710 g/mol. The number of nitrogens with one attached hydrogen (secondary N) is 1. The highest BCUT2D eigenvalue weighted by molar-refractivity contribution is 7.90. The molecule has 1 N–H and O–H groups in total. The molecule has 1 aromatic heterocycles. The van der Waals surface area contributed by atoms with Crippen molar-refractivity contribution in [2.24, 2.45) is 0 Å². The zero-order valence-electron chi connectivity index (χ0n) is 30.6. The molecule has 1 saturated heterocycles. The molecule has 0 saturated carbocycles. The Morgan fingerprint density at radius 3 is 2.35 bits per heavy atom. The highest BCUT2D eigenvalue weighted by Crippen LogP contribution is 2.32. The van der Waals surface area contributed by atoms with E-state index < -0.39 is 11.2 Å². The molecule has 3 aromatic carbocycles. The quantitative estimate of drug-likeness (QED) is 0.0629. The fraction of sp³-hybridized carbons (Fsp3) is 0.429. The van der Waals surface area contributed by atoms with Gasteiger partial charge in [0.15, 0.2) is 10.6 Å². The lowest BCUT2D eigenvalue weighted by molar-refractivity contribution is -0.112. The summed E-state index contributed by atoms with van der Waals surface area (Å²) in [5.41, 5.74) is 6.71. The molecule has 0 aliphatic carbocycles. The molecule has 9 heteroatoms. The number of carbonyl (C=O) groups excluding carboxylic acids is 1. The molecule has 2 heterocycles. The van der Waals surface area contributed by atoms with Crippen LogP contribution in [0.15, 0.2) is 89.7 Å². The predicted octanol–water partition coefficient (Wildman–Crippen LogP) is 9.28. The number of nitrogens with zero attached hydrogens (tertiary/aromatic N) is 3. The molecule has 8 nitrogen and oxygen atoms in total. The fourth-order valence-corrected chi connectivity index (χ4v) is 7.42. The summed E-state index contributed by atoms with van der Waals surface area (Å²) in [6, 6.07) is 22.1. The van der Waals surface area contributed by atoms with Gasteiger partial charge in [-0.15, -0.1) is 0 Å². The number of hydrogen-bond donors (Lipinski definition) is 1. The molecule has 1 atom stereocenters. The number of aryl methyl sites for hydroxylation is 1. The zero-order valence-corrected chi connectivity index (χ0v) is 31.4. The summed E-state index contributed by atoms with van der Waals surface area (Å²) in [5, 5.41) is 3.09. The van der Waals surface area contributed by atoms with E-state index in [0.717, 1.165) is 84.2 Å². The number of hydrogen-bond acceptors (Lipinski definition) is 6. The average Bonchev–Trinajstić information content (AvgIpc) is 3.40. The van der Waals surface area contributed by atoms with Crippen LogP contribution in [0.3, 0.4) is 0 Å². The van der Waals surface area contributed by atoms with Crippen LogP contribution < -0.4 is 15.0 Å². The van der Waals surface area contributed by atoms with Gasteiger partial charge in [-0.2, -0.15) is 0 Å². The van der Waals surface area contributed by atoms with Crippen LogP contribution in [-0.4, -0.2) is 52.9 Å². The topological polar surface area (TPSA) is 91.7 Å². The van der Waals surface area contributed by atoms with Crippen molar-refractivity contribution in [3.05, 3.63) is 96.1 Å². The van der Waals surface area contributed by atoms with Crippen LogP contribution in [0.25, 0.3) is 17.2 Å². The van der Waals surface area contributed by atoms with Crippen LogP contribution >= 0.6 is 0 Å². The molecule has 0 spiro atoms. The van der Waals surface area contributed by atoms with Crippen LogP contribution in [-0.2, 0) is 33.0 Å². The third-order valence-corrected chi connectivity index (χ3v) is 10.6. The van der Waals surface area contributed by atoms with E-state index in [1.807, 2.05) is 43.3 Å². The molecular weight excluding hydrogens is 657 g/mol. The van der Waals surface area contributed by atoms with Crippen molar-refractivity contribution >= 4 is 34.5 Å². The van der Waals surface area contributed by atoms with E-state index >= 15 is 0 Å². The van der Waals surface area contributed by atoms with Gasteiger partial charge < -0.3 is 28.8 Å². The van der Waals surface area contributed by atoms with E-state index in [1.165, 1.54) is 25.7 Å². The maximum atomic E-state index is 13.7. The number of benzene rings is 3. The molecular formula is C42H54N4O4S. The Morgan fingerprint density at radius 2 is 1.65 bits per heavy atom. The maximum Gasteiger partial charge on any atom is 0.251 e. The molecule has 1 amide bonds. The lowest BCUT2D eigenvalue weighted by Gasteiger charge is -2.25. The molecule has 1 fully saturated rings. The fourth-order valence-electron chi connectivity index (χ4n) is 6.31. The number of unbranched alkanes of at least 4 members (excludes halogenated alkanes) is 1. The van der Waals surface area contributed by atoms with E-state index in [1.54, 1.807) is 12.5 Å². The molecule has 1 unspecified atom stereocenters. The van der Waals surface area contributed by atoms with Crippen molar-refractivity contribution < 1.29 is 18.8 Å². The molecule has 4 aromatic rings. The van der Waals surface area contributed by atoms with Gasteiger partial charge in [0.05, 0.1) is 24.8 Å². The van der Waals surface area contributed by atoms with Gasteiger partial charge >= 0.3 is 0 Å². The maximum absolute atomic E-state index is 13.7. The van der Waals surface area contributed by atoms with E-state index in [0.29, 0.717) is 36.6 Å². The molecule has 0 bridgehead atoms. The summed E-state index contributed by atoms with van der Waals surface area (Å²) in [7, 11) is 0. The van der Waals surface area contributed by atoms with Gasteiger partial charge in [0.25, 0.3) is 5.91 Å². The number of imidazole rings is 1. The van der Waals surface area contributed by atoms with Crippen molar-refractivity contribution in [1.29, 1.82) is 0 Å². The SMILES string of the molecule is CCCCOCCOc1ccc(-c2ccc(N3CCCCCC3)c(C=C(CC)C(=O)Nc3ccc([S+]([O-])Cc4cncn4CCC)cc3)c2)cc1. The van der Waals surface area contributed by atoms with E-state index in [-0.39, 0.29) is 5.91 Å². The second kappa shape index (κ2) is 20.1. The largest absolute Gasteiger partial charge is 0.611 e. The van der Waals surface area contributed by atoms with Crippen LogP contribution in [0.5, 0.6) is 5.75 Å². The van der Waals surface area contributed by atoms with Crippen molar-refractivity contribution in [3.63, 3.8) is 0 Å². The highest BCUT2D eigenvalue weighted by Gasteiger charge is 2.18. The molecule has 272 valence electrons. The third-order valence-electron chi connectivity index (χ3n) is 9.22. The van der Waals surface area contributed by atoms with Crippen molar-refractivity contribution in [3.8, 4) is 16.9 Å². The highest BCUT2D eigenvalue weighted by atomic mass is 32.2. The second-order valence-electron chi connectivity index (χ2n) is 13.1. The van der Waals surface area contributed by atoms with E-state index in [9.17, 15) is 9.35 Å². The first-order valence-electron chi connectivity index (χ1n) is 18.7. The summed E-state index contributed by atoms with van der Waals surface area (Å²) < 4.78 is 26.7. The number of ether oxygens (including phenoxy) is 2.